The predicted octanol–water partition coefficient (Wildman–Crippen LogP) is 4.95. The van der Waals surface area contributed by atoms with Crippen LogP contribution in [-0.4, -0.2) is 42.5 Å². The van der Waals surface area contributed by atoms with Crippen LogP contribution in [0.5, 0.6) is 5.75 Å². The Balaban J connectivity index is 1.25. The van der Waals surface area contributed by atoms with Gasteiger partial charge in [0.1, 0.15) is 11.6 Å². The molecular weight excluding hydrogens is 443 g/mol. The lowest BCUT2D eigenvalue weighted by atomic mass is 10.0. The molecule has 0 saturated carbocycles. The molecule has 1 fully saturated rings. The topological polar surface area (TPSA) is 58.6 Å². The molecule has 5 nitrogen and oxygen atoms in total. The smallest absolute Gasteiger partial charge is 0.258 e. The van der Waals surface area contributed by atoms with Crippen LogP contribution in [-0.2, 0) is 4.79 Å². The third-order valence-electron chi connectivity index (χ3n) is 5.65. The van der Waals surface area contributed by atoms with Crippen LogP contribution in [0.2, 0.25) is 5.02 Å². The molecule has 0 unspecified atom stereocenters. The van der Waals surface area contributed by atoms with E-state index in [0.717, 1.165) is 11.1 Å². The summed E-state index contributed by atoms with van der Waals surface area (Å²) in [4.78, 5) is 26.5. The van der Waals surface area contributed by atoms with Crippen LogP contribution in [0.4, 0.5) is 4.39 Å². The molecule has 1 N–H and O–H groups in total. The van der Waals surface area contributed by atoms with Gasteiger partial charge in [0.05, 0.1) is 10.6 Å². The molecule has 0 bridgehead atoms. The number of hydrogen-bond acceptors (Lipinski definition) is 3. The Morgan fingerprint density at radius 2 is 1.67 bits per heavy atom. The molecule has 4 rings (SSSR count). The number of nitrogens with zero attached hydrogens (tertiary/aromatic N) is 1. The zero-order chi connectivity index (χ0) is 23.2. The Bertz CT molecular complexity index is 1130. The van der Waals surface area contributed by atoms with Gasteiger partial charge < -0.3 is 15.0 Å². The van der Waals surface area contributed by atoms with Gasteiger partial charge in [0, 0.05) is 19.1 Å². The molecule has 7 heteroatoms. The third kappa shape index (κ3) is 5.71. The average Bonchev–Trinajstić information content (AvgIpc) is 2.84. The first-order chi connectivity index (χ1) is 16.0. The van der Waals surface area contributed by atoms with E-state index in [0.29, 0.717) is 36.7 Å². The van der Waals surface area contributed by atoms with E-state index in [4.69, 9.17) is 16.3 Å². The summed E-state index contributed by atoms with van der Waals surface area (Å²) in [5, 5.41) is 3.37. The van der Waals surface area contributed by atoms with Gasteiger partial charge in [0.2, 0.25) is 0 Å². The number of carbonyl (C=O) groups is 2. The van der Waals surface area contributed by atoms with Gasteiger partial charge in [-0.1, -0.05) is 60.1 Å². The van der Waals surface area contributed by atoms with Crippen molar-refractivity contribution in [3.63, 3.8) is 0 Å². The van der Waals surface area contributed by atoms with Gasteiger partial charge in [-0.3, -0.25) is 9.59 Å². The minimum atomic E-state index is -0.523. The maximum atomic E-state index is 13.9. The van der Waals surface area contributed by atoms with Gasteiger partial charge in [-0.2, -0.15) is 0 Å². The predicted molar refractivity (Wildman–Crippen MR) is 126 cm³/mol. The van der Waals surface area contributed by atoms with Crippen LogP contribution < -0.4 is 10.1 Å². The highest BCUT2D eigenvalue weighted by molar-refractivity contribution is 6.32. The van der Waals surface area contributed by atoms with E-state index in [1.165, 1.54) is 12.1 Å². The Kier molecular flexibility index (Phi) is 7.25. The normalized spacial score (nSPS) is 14.1. The fraction of sp³-hybridized carbons (Fsp3) is 0.231. The van der Waals surface area contributed by atoms with Crippen LogP contribution in [0.15, 0.2) is 72.8 Å². The first-order valence-corrected chi connectivity index (χ1v) is 11.2. The molecule has 0 aliphatic carbocycles. The molecule has 1 saturated heterocycles. The van der Waals surface area contributed by atoms with Gasteiger partial charge >= 0.3 is 0 Å². The molecule has 1 heterocycles. The maximum absolute atomic E-state index is 13.9. The molecule has 1 aliphatic rings. The molecule has 170 valence electrons. The van der Waals surface area contributed by atoms with Crippen molar-refractivity contribution in [2.75, 3.05) is 19.7 Å². The second-order valence-corrected chi connectivity index (χ2v) is 8.32. The first-order valence-electron chi connectivity index (χ1n) is 10.8. The summed E-state index contributed by atoms with van der Waals surface area (Å²) in [7, 11) is 0. The van der Waals surface area contributed by atoms with Crippen molar-refractivity contribution in [3.05, 3.63) is 89.2 Å². The van der Waals surface area contributed by atoms with Crippen molar-refractivity contribution in [1.82, 2.24) is 10.2 Å². The average molecular weight is 467 g/mol. The highest BCUT2D eigenvalue weighted by atomic mass is 35.5. The monoisotopic (exact) mass is 466 g/mol. The number of piperidine rings is 1. The summed E-state index contributed by atoms with van der Waals surface area (Å²) in [6.45, 7) is 0.746. The molecule has 0 radical (unpaired) electrons. The summed E-state index contributed by atoms with van der Waals surface area (Å²) in [6.07, 6.45) is 1.19. The van der Waals surface area contributed by atoms with E-state index < -0.39 is 5.82 Å². The molecule has 0 atom stereocenters. The van der Waals surface area contributed by atoms with E-state index >= 15 is 0 Å². The number of ether oxygens (including phenoxy) is 1. The van der Waals surface area contributed by atoms with Crippen LogP contribution >= 0.6 is 11.6 Å². The molecular formula is C26H24ClFN2O3. The van der Waals surface area contributed by atoms with E-state index in [9.17, 15) is 14.0 Å². The largest absolute Gasteiger partial charge is 0.482 e. The fourth-order valence-corrected chi connectivity index (χ4v) is 4.11. The third-order valence-corrected chi connectivity index (χ3v) is 5.94. The number of likely N-dealkylation sites (tertiary alicyclic amines) is 1. The van der Waals surface area contributed by atoms with Gasteiger partial charge in [0.15, 0.2) is 6.61 Å². The standard InChI is InChI=1S/C26H24ClFN2O3/c27-22-16-19(18-6-2-1-3-7-18)10-11-24(22)33-17-25(31)29-20-12-14-30(15-13-20)26(32)21-8-4-5-9-23(21)28/h1-11,16,20H,12-15,17H2,(H,29,31). The minimum Gasteiger partial charge on any atom is -0.482 e. The highest BCUT2D eigenvalue weighted by Crippen LogP contribution is 2.30. The number of carbonyl (C=O) groups excluding carboxylic acids is 2. The minimum absolute atomic E-state index is 0.0679. The van der Waals surface area contributed by atoms with Gasteiger partial charge in [-0.15, -0.1) is 0 Å². The fourth-order valence-electron chi connectivity index (χ4n) is 3.87. The second-order valence-electron chi connectivity index (χ2n) is 7.91. The quantitative estimate of drug-likeness (QED) is 0.559. The van der Waals surface area contributed by atoms with Crippen molar-refractivity contribution >= 4 is 23.4 Å². The van der Waals surface area contributed by atoms with Crippen molar-refractivity contribution in [2.45, 2.75) is 18.9 Å². The number of halogens is 2. The zero-order valence-corrected chi connectivity index (χ0v) is 18.7. The molecule has 3 aromatic rings. The molecule has 33 heavy (non-hydrogen) atoms. The lowest BCUT2D eigenvalue weighted by Crippen LogP contribution is -2.47. The first kappa shape index (κ1) is 22.8. The molecule has 0 aromatic heterocycles. The zero-order valence-electron chi connectivity index (χ0n) is 18.0. The number of hydrogen-bond donors (Lipinski definition) is 1. The summed E-state index contributed by atoms with van der Waals surface area (Å²) in [5.41, 5.74) is 2.08. The van der Waals surface area contributed by atoms with Crippen LogP contribution in [0.25, 0.3) is 11.1 Å². The summed E-state index contributed by atoms with van der Waals surface area (Å²) in [5.74, 6) is -0.658. The van der Waals surface area contributed by atoms with Crippen molar-refractivity contribution in [1.29, 1.82) is 0 Å². The Morgan fingerprint density at radius 3 is 2.36 bits per heavy atom. The lowest BCUT2D eigenvalue weighted by Gasteiger charge is -2.32. The lowest BCUT2D eigenvalue weighted by molar-refractivity contribution is -0.124. The molecule has 0 spiro atoms. The maximum Gasteiger partial charge on any atom is 0.258 e. The summed E-state index contributed by atoms with van der Waals surface area (Å²) >= 11 is 6.34. The SMILES string of the molecule is O=C(COc1ccc(-c2ccccc2)cc1Cl)NC1CCN(C(=O)c2ccccc2F)CC1. The Morgan fingerprint density at radius 1 is 0.970 bits per heavy atom. The van der Waals surface area contributed by atoms with Gasteiger partial charge in [-0.05, 0) is 48.2 Å². The highest BCUT2D eigenvalue weighted by Gasteiger charge is 2.26. The number of rotatable bonds is 6. The van der Waals surface area contributed by atoms with Crippen molar-refractivity contribution in [2.24, 2.45) is 0 Å². The molecule has 2 amide bonds. The molecule has 1 aliphatic heterocycles. The summed E-state index contributed by atoms with van der Waals surface area (Å²) < 4.78 is 19.5. The van der Waals surface area contributed by atoms with E-state index in [2.05, 4.69) is 5.32 Å². The Labute approximate surface area is 197 Å². The van der Waals surface area contributed by atoms with Crippen LogP contribution in [0.3, 0.4) is 0 Å². The van der Waals surface area contributed by atoms with E-state index in [-0.39, 0.29) is 30.0 Å². The van der Waals surface area contributed by atoms with Gasteiger partial charge in [0.25, 0.3) is 11.8 Å². The molecule has 3 aromatic carbocycles. The Hall–Kier alpha value is -3.38. The van der Waals surface area contributed by atoms with E-state index in [1.807, 2.05) is 42.5 Å². The van der Waals surface area contributed by atoms with Crippen molar-refractivity contribution < 1.29 is 18.7 Å². The number of benzene rings is 3. The second kappa shape index (κ2) is 10.5. The van der Waals surface area contributed by atoms with Crippen LogP contribution in [0, 0.1) is 5.82 Å². The van der Waals surface area contributed by atoms with Gasteiger partial charge in [-0.25, -0.2) is 4.39 Å². The summed E-state index contributed by atoms with van der Waals surface area (Å²) in [6, 6.07) is 21.2. The number of amides is 2. The van der Waals surface area contributed by atoms with Crippen LogP contribution in [0.1, 0.15) is 23.2 Å². The van der Waals surface area contributed by atoms with Crippen molar-refractivity contribution in [3.8, 4) is 16.9 Å². The van der Waals surface area contributed by atoms with E-state index in [1.54, 1.807) is 23.1 Å². The number of nitrogens with one attached hydrogen (secondary N) is 1.